The maximum Gasteiger partial charge on any atom is 0.254 e. The lowest BCUT2D eigenvalue weighted by Crippen LogP contribution is -2.42. The quantitative estimate of drug-likeness (QED) is 0.641. The molecule has 1 fully saturated rings. The van der Waals surface area contributed by atoms with E-state index in [1.165, 1.54) is 23.9 Å². The molecular weight excluding hydrogens is 427 g/mol. The molecule has 170 valence electrons. The number of carbonyl (C=O) groups is 2. The Balaban J connectivity index is 1.73. The monoisotopic (exact) mass is 456 g/mol. The van der Waals surface area contributed by atoms with Gasteiger partial charge in [-0.05, 0) is 56.7 Å². The van der Waals surface area contributed by atoms with Crippen molar-refractivity contribution in [3.63, 3.8) is 0 Å². The molecule has 0 spiro atoms. The van der Waals surface area contributed by atoms with Crippen molar-refractivity contribution in [2.45, 2.75) is 46.1 Å². The summed E-state index contributed by atoms with van der Waals surface area (Å²) in [5, 5.41) is 2.71. The molecule has 1 atom stereocenters. The molecule has 8 heteroatoms. The standard InChI is InChI=1S/C24H29FN4O2S/c1-4-27(5-2)23(31)21-16(3)26-24-29(22(21)17-8-10-18(25)11-9-17)19(15-32-24)14-20(30)28-12-6-7-13-28/h8-11,15,22H,4-7,12-14H2,1-3H3. The minimum atomic E-state index is -0.455. The van der Waals surface area contributed by atoms with Crippen LogP contribution in [-0.2, 0) is 9.59 Å². The predicted molar refractivity (Wildman–Crippen MR) is 125 cm³/mol. The number of fused-ring (bicyclic) bond motifs is 1. The van der Waals surface area contributed by atoms with Gasteiger partial charge in [0.15, 0.2) is 5.17 Å². The van der Waals surface area contributed by atoms with Gasteiger partial charge in [0.05, 0.1) is 23.7 Å². The van der Waals surface area contributed by atoms with Crippen LogP contribution in [0.5, 0.6) is 0 Å². The molecule has 6 nitrogen and oxygen atoms in total. The molecule has 0 saturated carbocycles. The summed E-state index contributed by atoms with van der Waals surface area (Å²) >= 11 is 1.47. The van der Waals surface area contributed by atoms with E-state index in [1.807, 2.05) is 36.0 Å². The average molecular weight is 457 g/mol. The van der Waals surface area contributed by atoms with Crippen LogP contribution in [0.3, 0.4) is 0 Å². The first-order chi connectivity index (χ1) is 15.4. The number of nitrogens with zero attached hydrogens (tertiary/aromatic N) is 4. The number of likely N-dealkylation sites (tertiary alicyclic amines) is 1. The van der Waals surface area contributed by atoms with Crippen LogP contribution in [0.15, 0.2) is 51.6 Å². The summed E-state index contributed by atoms with van der Waals surface area (Å²) in [6.07, 6.45) is 2.34. The third-order valence-corrected chi connectivity index (χ3v) is 7.15. The maximum atomic E-state index is 13.7. The molecule has 1 aromatic carbocycles. The first-order valence-corrected chi connectivity index (χ1v) is 12.1. The molecule has 0 bridgehead atoms. The minimum absolute atomic E-state index is 0.0771. The van der Waals surface area contributed by atoms with E-state index in [1.54, 1.807) is 17.0 Å². The summed E-state index contributed by atoms with van der Waals surface area (Å²) < 4.78 is 13.7. The van der Waals surface area contributed by atoms with E-state index >= 15 is 0 Å². The molecule has 0 aromatic heterocycles. The van der Waals surface area contributed by atoms with Gasteiger partial charge >= 0.3 is 0 Å². The molecule has 3 aliphatic rings. The van der Waals surface area contributed by atoms with Crippen molar-refractivity contribution in [1.82, 2.24) is 14.7 Å². The van der Waals surface area contributed by atoms with Crippen molar-refractivity contribution >= 4 is 28.7 Å². The lowest BCUT2D eigenvalue weighted by Gasteiger charge is -2.38. The highest BCUT2D eigenvalue weighted by Crippen LogP contribution is 2.45. The zero-order valence-corrected chi connectivity index (χ0v) is 19.6. The molecule has 0 radical (unpaired) electrons. The molecule has 32 heavy (non-hydrogen) atoms. The molecule has 2 amide bonds. The lowest BCUT2D eigenvalue weighted by atomic mass is 9.92. The second kappa shape index (κ2) is 9.48. The van der Waals surface area contributed by atoms with E-state index in [-0.39, 0.29) is 24.1 Å². The van der Waals surface area contributed by atoms with Crippen LogP contribution in [0.2, 0.25) is 0 Å². The Morgan fingerprint density at radius 2 is 1.81 bits per heavy atom. The topological polar surface area (TPSA) is 56.2 Å². The van der Waals surface area contributed by atoms with E-state index in [0.717, 1.165) is 42.4 Å². The molecule has 0 N–H and O–H groups in total. The highest BCUT2D eigenvalue weighted by Gasteiger charge is 2.41. The normalized spacial score (nSPS) is 20.3. The Hall–Kier alpha value is -2.61. The van der Waals surface area contributed by atoms with Gasteiger partial charge in [0, 0.05) is 31.9 Å². The van der Waals surface area contributed by atoms with E-state index in [2.05, 4.69) is 0 Å². The number of thioether (sulfide) groups is 1. The van der Waals surface area contributed by atoms with Crippen LogP contribution in [0.1, 0.15) is 51.6 Å². The molecular formula is C24H29FN4O2S. The number of hydrogen-bond donors (Lipinski definition) is 0. The molecule has 3 heterocycles. The number of aliphatic imine (C=N–C) groups is 1. The van der Waals surface area contributed by atoms with Gasteiger partial charge in [-0.25, -0.2) is 9.38 Å². The van der Waals surface area contributed by atoms with Gasteiger partial charge in [-0.2, -0.15) is 0 Å². The fourth-order valence-electron chi connectivity index (χ4n) is 4.52. The van der Waals surface area contributed by atoms with Crippen LogP contribution in [0.25, 0.3) is 0 Å². The van der Waals surface area contributed by atoms with Gasteiger partial charge in [-0.15, -0.1) is 0 Å². The van der Waals surface area contributed by atoms with E-state index in [0.29, 0.717) is 24.4 Å². The molecule has 1 saturated heterocycles. The van der Waals surface area contributed by atoms with Gasteiger partial charge in [-0.3, -0.25) is 9.59 Å². The summed E-state index contributed by atoms with van der Waals surface area (Å²) in [5.74, 6) is -0.311. The number of halogens is 1. The third kappa shape index (κ3) is 4.20. The van der Waals surface area contributed by atoms with Crippen molar-refractivity contribution in [1.29, 1.82) is 0 Å². The molecule has 1 unspecified atom stereocenters. The van der Waals surface area contributed by atoms with E-state index in [4.69, 9.17) is 4.99 Å². The highest BCUT2D eigenvalue weighted by molar-refractivity contribution is 8.16. The first-order valence-electron chi connectivity index (χ1n) is 11.2. The Labute approximate surface area is 192 Å². The fourth-order valence-corrected chi connectivity index (χ4v) is 5.48. The minimum Gasteiger partial charge on any atom is -0.342 e. The second-order valence-electron chi connectivity index (χ2n) is 8.19. The fraction of sp³-hybridized carbons (Fsp3) is 0.458. The Kier molecular flexibility index (Phi) is 6.69. The Bertz CT molecular complexity index is 992. The summed E-state index contributed by atoms with van der Waals surface area (Å²) in [4.78, 5) is 36.9. The zero-order valence-electron chi connectivity index (χ0n) is 18.8. The first kappa shape index (κ1) is 22.6. The molecule has 4 rings (SSSR count). The van der Waals surface area contributed by atoms with Gasteiger partial charge < -0.3 is 14.7 Å². The van der Waals surface area contributed by atoms with Crippen LogP contribution < -0.4 is 0 Å². The number of benzene rings is 1. The smallest absolute Gasteiger partial charge is 0.254 e. The van der Waals surface area contributed by atoms with Crippen molar-refractivity contribution < 1.29 is 14.0 Å². The SMILES string of the molecule is CCN(CC)C(=O)C1=C(C)N=C2SC=C(CC(=O)N3CCCC3)N2C1c1ccc(F)cc1. The van der Waals surface area contributed by atoms with Crippen LogP contribution >= 0.6 is 11.8 Å². The predicted octanol–water partition coefficient (Wildman–Crippen LogP) is 4.28. The number of amides is 2. The van der Waals surface area contributed by atoms with Crippen LogP contribution in [-0.4, -0.2) is 57.9 Å². The molecule has 3 aliphatic heterocycles. The Morgan fingerprint density at radius 1 is 1.16 bits per heavy atom. The van der Waals surface area contributed by atoms with Gasteiger partial charge in [0.1, 0.15) is 5.82 Å². The van der Waals surface area contributed by atoms with Crippen molar-refractivity contribution in [3.8, 4) is 0 Å². The average Bonchev–Trinajstić information content (AvgIpc) is 3.45. The molecule has 1 aromatic rings. The van der Waals surface area contributed by atoms with Gasteiger partial charge in [0.2, 0.25) is 5.91 Å². The Morgan fingerprint density at radius 3 is 2.44 bits per heavy atom. The number of amidine groups is 1. The van der Waals surface area contributed by atoms with E-state index < -0.39 is 6.04 Å². The second-order valence-corrected chi connectivity index (χ2v) is 9.02. The van der Waals surface area contributed by atoms with Crippen molar-refractivity contribution in [2.24, 2.45) is 4.99 Å². The van der Waals surface area contributed by atoms with Gasteiger partial charge in [-0.1, -0.05) is 23.9 Å². The summed E-state index contributed by atoms with van der Waals surface area (Å²) in [6, 6.07) is 5.81. The largest absolute Gasteiger partial charge is 0.342 e. The third-order valence-electron chi connectivity index (χ3n) is 6.26. The van der Waals surface area contributed by atoms with E-state index in [9.17, 15) is 14.0 Å². The number of hydrogen-bond acceptors (Lipinski definition) is 5. The number of rotatable bonds is 6. The van der Waals surface area contributed by atoms with Gasteiger partial charge in [0.25, 0.3) is 5.91 Å². The highest BCUT2D eigenvalue weighted by atomic mass is 32.2. The van der Waals surface area contributed by atoms with Crippen molar-refractivity contribution in [2.75, 3.05) is 26.2 Å². The summed E-state index contributed by atoms with van der Waals surface area (Å²) in [6.45, 7) is 8.53. The number of likely N-dealkylation sites (N-methyl/N-ethyl adjacent to an activating group) is 1. The van der Waals surface area contributed by atoms with Crippen LogP contribution in [0.4, 0.5) is 4.39 Å². The lowest BCUT2D eigenvalue weighted by molar-refractivity contribution is -0.129. The number of carbonyl (C=O) groups excluding carboxylic acids is 2. The summed E-state index contributed by atoms with van der Waals surface area (Å²) in [7, 11) is 0. The summed E-state index contributed by atoms with van der Waals surface area (Å²) in [5.41, 5.74) is 2.87. The maximum absolute atomic E-state index is 13.7. The molecule has 0 aliphatic carbocycles. The zero-order chi connectivity index (χ0) is 22.8. The number of allylic oxidation sites excluding steroid dienone is 1. The van der Waals surface area contributed by atoms with Crippen LogP contribution in [0, 0.1) is 5.82 Å². The van der Waals surface area contributed by atoms with Crippen molar-refractivity contribution in [3.05, 3.63) is 58.0 Å².